The third-order valence-electron chi connectivity index (χ3n) is 4.37. The fourth-order valence-electron chi connectivity index (χ4n) is 2.90. The number of aryl methyl sites for hydroxylation is 2. The van der Waals surface area contributed by atoms with Crippen LogP contribution in [-0.2, 0) is 6.54 Å². The summed E-state index contributed by atoms with van der Waals surface area (Å²) in [5, 5.41) is 5.28. The van der Waals surface area contributed by atoms with E-state index >= 15 is 0 Å². The van der Waals surface area contributed by atoms with Gasteiger partial charge >= 0.3 is 0 Å². The maximum atomic E-state index is 12.9. The number of fused-ring (bicyclic) bond motifs is 1. The van der Waals surface area contributed by atoms with Gasteiger partial charge in [-0.15, -0.1) is 0 Å². The number of hydrogen-bond acceptors (Lipinski definition) is 3. The molecule has 0 aliphatic rings. The van der Waals surface area contributed by atoms with Crippen LogP contribution in [-0.4, -0.2) is 32.6 Å². The van der Waals surface area contributed by atoms with Crippen molar-refractivity contribution in [3.63, 3.8) is 0 Å². The van der Waals surface area contributed by atoms with Gasteiger partial charge in [0.05, 0.1) is 17.5 Å². The number of carbonyl (C=O) groups is 1. The summed E-state index contributed by atoms with van der Waals surface area (Å²) in [6, 6.07) is 10.4. The van der Waals surface area contributed by atoms with Crippen molar-refractivity contribution in [2.75, 3.05) is 7.05 Å². The maximum Gasteiger partial charge on any atom is 0.255 e. The van der Waals surface area contributed by atoms with E-state index in [0.29, 0.717) is 12.1 Å². The molecule has 0 aliphatic carbocycles. The van der Waals surface area contributed by atoms with Crippen LogP contribution in [0.2, 0.25) is 0 Å². The van der Waals surface area contributed by atoms with E-state index in [0.717, 1.165) is 22.3 Å². The summed E-state index contributed by atoms with van der Waals surface area (Å²) in [6.07, 6.45) is 1.78. The molecule has 2 heterocycles. The lowest BCUT2D eigenvalue weighted by Crippen LogP contribution is -2.27. The Balaban J connectivity index is 1.88. The van der Waals surface area contributed by atoms with Gasteiger partial charge < -0.3 is 4.90 Å². The van der Waals surface area contributed by atoms with Gasteiger partial charge in [0.15, 0.2) is 5.65 Å². The molecule has 1 aromatic carbocycles. The minimum Gasteiger partial charge on any atom is -0.337 e. The number of carbonyl (C=O) groups excluding carboxylic acids is 1. The van der Waals surface area contributed by atoms with E-state index in [-0.39, 0.29) is 11.9 Å². The van der Waals surface area contributed by atoms with Gasteiger partial charge in [0.25, 0.3) is 5.91 Å². The first kappa shape index (κ1) is 17.1. The lowest BCUT2D eigenvalue weighted by molar-refractivity contribution is 0.0784. The molecule has 0 atom stereocenters. The Labute approximate surface area is 148 Å². The Kier molecular flexibility index (Phi) is 4.57. The van der Waals surface area contributed by atoms with E-state index in [1.807, 2.05) is 24.7 Å². The molecular weight excluding hydrogens is 312 g/mol. The molecule has 0 aliphatic heterocycles. The van der Waals surface area contributed by atoms with Gasteiger partial charge in [-0.1, -0.05) is 29.8 Å². The topological polar surface area (TPSA) is 51.0 Å². The molecule has 0 spiro atoms. The number of nitrogens with zero attached hydrogens (tertiary/aromatic N) is 4. The Hall–Kier alpha value is -2.69. The van der Waals surface area contributed by atoms with Gasteiger partial charge in [0.1, 0.15) is 0 Å². The highest BCUT2D eigenvalue weighted by molar-refractivity contribution is 5.98. The van der Waals surface area contributed by atoms with Crippen LogP contribution >= 0.6 is 0 Å². The third kappa shape index (κ3) is 3.40. The molecular formula is C20H24N4O. The van der Waals surface area contributed by atoms with Gasteiger partial charge in [0, 0.05) is 25.0 Å². The Morgan fingerprint density at radius 3 is 2.52 bits per heavy atom. The van der Waals surface area contributed by atoms with Crippen molar-refractivity contribution < 1.29 is 4.79 Å². The molecule has 25 heavy (non-hydrogen) atoms. The number of rotatable bonds is 4. The van der Waals surface area contributed by atoms with Crippen LogP contribution in [0, 0.1) is 13.8 Å². The zero-order chi connectivity index (χ0) is 18.1. The molecule has 2 aromatic heterocycles. The summed E-state index contributed by atoms with van der Waals surface area (Å²) >= 11 is 0. The van der Waals surface area contributed by atoms with Crippen LogP contribution in [0.1, 0.15) is 47.1 Å². The molecule has 0 radical (unpaired) electrons. The summed E-state index contributed by atoms with van der Waals surface area (Å²) in [7, 11) is 1.82. The summed E-state index contributed by atoms with van der Waals surface area (Å²) in [6.45, 7) is 8.64. The van der Waals surface area contributed by atoms with E-state index in [9.17, 15) is 4.79 Å². The molecule has 3 rings (SSSR count). The normalized spacial score (nSPS) is 11.3. The van der Waals surface area contributed by atoms with Crippen LogP contribution in [0.25, 0.3) is 11.0 Å². The number of benzene rings is 1. The number of amides is 1. The zero-order valence-corrected chi connectivity index (χ0v) is 15.4. The van der Waals surface area contributed by atoms with E-state index in [2.05, 4.69) is 55.1 Å². The maximum absolute atomic E-state index is 12.9. The quantitative estimate of drug-likeness (QED) is 0.726. The Bertz CT molecular complexity index is 909. The summed E-state index contributed by atoms with van der Waals surface area (Å²) < 4.78 is 1.88. The second-order valence-electron chi connectivity index (χ2n) is 6.86. The molecule has 0 saturated carbocycles. The summed E-state index contributed by atoms with van der Waals surface area (Å²) in [5.74, 6) is -0.0234. The molecule has 5 heteroatoms. The highest BCUT2D eigenvalue weighted by atomic mass is 16.2. The molecule has 5 nitrogen and oxygen atoms in total. The van der Waals surface area contributed by atoms with Crippen molar-refractivity contribution in [1.82, 2.24) is 19.7 Å². The van der Waals surface area contributed by atoms with Crippen molar-refractivity contribution in [1.29, 1.82) is 0 Å². The summed E-state index contributed by atoms with van der Waals surface area (Å²) in [5.41, 5.74) is 4.51. The monoisotopic (exact) mass is 336 g/mol. The average molecular weight is 336 g/mol. The van der Waals surface area contributed by atoms with Gasteiger partial charge in [-0.05, 0) is 39.3 Å². The van der Waals surface area contributed by atoms with Gasteiger partial charge in [0.2, 0.25) is 0 Å². The van der Waals surface area contributed by atoms with Crippen LogP contribution in [0.15, 0.2) is 36.5 Å². The Morgan fingerprint density at radius 1 is 1.20 bits per heavy atom. The smallest absolute Gasteiger partial charge is 0.255 e. The molecule has 3 aromatic rings. The number of pyridine rings is 1. The standard InChI is InChI=1S/C20H24N4O/c1-13(2)24-19-17(11-21-24)10-18(15(4)22-19)20(25)23(5)12-16-8-6-14(3)7-9-16/h6-11,13H,12H2,1-5H3. The van der Waals surface area contributed by atoms with Crippen molar-refractivity contribution in [3.8, 4) is 0 Å². The number of aromatic nitrogens is 3. The van der Waals surface area contributed by atoms with Gasteiger partial charge in [-0.3, -0.25) is 4.79 Å². The minimum atomic E-state index is -0.0234. The number of hydrogen-bond donors (Lipinski definition) is 0. The molecule has 0 fully saturated rings. The van der Waals surface area contributed by atoms with Gasteiger partial charge in [-0.2, -0.15) is 5.10 Å². The Morgan fingerprint density at radius 2 is 1.88 bits per heavy atom. The van der Waals surface area contributed by atoms with Crippen molar-refractivity contribution in [3.05, 3.63) is 58.9 Å². The van der Waals surface area contributed by atoms with Crippen molar-refractivity contribution in [2.45, 2.75) is 40.3 Å². The lowest BCUT2D eigenvalue weighted by Gasteiger charge is -2.18. The SMILES string of the molecule is Cc1ccc(CN(C)C(=O)c2cc3cnn(C(C)C)c3nc2C)cc1. The average Bonchev–Trinajstić information content (AvgIpc) is 2.98. The van der Waals surface area contributed by atoms with E-state index < -0.39 is 0 Å². The van der Waals surface area contributed by atoms with Crippen LogP contribution < -0.4 is 0 Å². The first-order valence-corrected chi connectivity index (χ1v) is 8.52. The second-order valence-corrected chi connectivity index (χ2v) is 6.86. The molecule has 0 N–H and O–H groups in total. The predicted molar refractivity (Wildman–Crippen MR) is 99.6 cm³/mol. The first-order valence-electron chi connectivity index (χ1n) is 8.52. The molecule has 0 unspecified atom stereocenters. The zero-order valence-electron chi connectivity index (χ0n) is 15.4. The fraction of sp³-hybridized carbons (Fsp3) is 0.350. The predicted octanol–water partition coefficient (Wildman–Crippen LogP) is 3.90. The highest BCUT2D eigenvalue weighted by Crippen LogP contribution is 2.20. The fourth-order valence-corrected chi connectivity index (χ4v) is 2.90. The second kappa shape index (κ2) is 6.67. The third-order valence-corrected chi connectivity index (χ3v) is 4.37. The van der Waals surface area contributed by atoms with E-state index in [4.69, 9.17) is 0 Å². The molecule has 130 valence electrons. The van der Waals surface area contributed by atoms with Crippen LogP contribution in [0.3, 0.4) is 0 Å². The first-order chi connectivity index (χ1) is 11.9. The molecule has 0 saturated heterocycles. The van der Waals surface area contributed by atoms with E-state index in [1.54, 1.807) is 11.1 Å². The molecule has 0 bridgehead atoms. The van der Waals surface area contributed by atoms with Crippen LogP contribution in [0.5, 0.6) is 0 Å². The minimum absolute atomic E-state index is 0.0234. The largest absolute Gasteiger partial charge is 0.337 e. The molecule has 1 amide bonds. The van der Waals surface area contributed by atoms with Crippen LogP contribution in [0.4, 0.5) is 0 Å². The lowest BCUT2D eigenvalue weighted by atomic mass is 10.1. The highest BCUT2D eigenvalue weighted by Gasteiger charge is 2.18. The van der Waals surface area contributed by atoms with Crippen molar-refractivity contribution in [2.24, 2.45) is 0 Å². The van der Waals surface area contributed by atoms with Gasteiger partial charge in [-0.25, -0.2) is 9.67 Å². The summed E-state index contributed by atoms with van der Waals surface area (Å²) in [4.78, 5) is 19.2. The van der Waals surface area contributed by atoms with E-state index in [1.165, 1.54) is 5.56 Å². The van der Waals surface area contributed by atoms with Crippen molar-refractivity contribution >= 4 is 16.9 Å².